The van der Waals surface area contributed by atoms with Crippen molar-refractivity contribution in [2.75, 3.05) is 0 Å². The topological polar surface area (TPSA) is 12.9 Å². The van der Waals surface area contributed by atoms with Crippen molar-refractivity contribution < 1.29 is 4.11 Å². The van der Waals surface area contributed by atoms with E-state index in [2.05, 4.69) is 20.9 Å². The van der Waals surface area contributed by atoms with Crippen molar-refractivity contribution in [3.05, 3.63) is 34.6 Å². The highest BCUT2D eigenvalue weighted by Crippen LogP contribution is 2.02. The fraction of sp³-hybridized carbons (Fsp3) is 0.125. The molecule has 0 spiro atoms. The quantitative estimate of drug-likeness (QED) is 0.680. The Morgan fingerprint density at radius 2 is 2.60 bits per heavy atom. The predicted octanol–water partition coefficient (Wildman–Crippen LogP) is 2.76. The highest BCUT2D eigenvalue weighted by atomic mass is 79.9. The van der Waals surface area contributed by atoms with Gasteiger partial charge in [-0.1, -0.05) is 22.0 Å². The van der Waals surface area contributed by atoms with E-state index in [0.717, 1.165) is 5.56 Å². The van der Waals surface area contributed by atoms with Crippen molar-refractivity contribution in [1.82, 2.24) is 4.98 Å². The van der Waals surface area contributed by atoms with E-state index in [0.29, 0.717) is 0 Å². The number of aryl methyl sites for hydroxylation is 1. The number of hydrogen-bond acceptors (Lipinski definition) is 1. The van der Waals surface area contributed by atoms with Crippen LogP contribution in [0.2, 0.25) is 0 Å². The van der Waals surface area contributed by atoms with Crippen LogP contribution in [0, 0.1) is 6.85 Å². The van der Waals surface area contributed by atoms with Crippen LogP contribution < -0.4 is 0 Å². The van der Waals surface area contributed by atoms with Gasteiger partial charge in [-0.3, -0.25) is 4.98 Å². The van der Waals surface area contributed by atoms with Gasteiger partial charge in [0.05, 0.1) is 0 Å². The van der Waals surface area contributed by atoms with Crippen LogP contribution in [-0.4, -0.2) is 4.98 Å². The van der Waals surface area contributed by atoms with Crippen molar-refractivity contribution >= 4 is 22.0 Å². The molecule has 1 nitrogen and oxygen atoms in total. The van der Waals surface area contributed by atoms with Crippen molar-refractivity contribution in [3.63, 3.8) is 0 Å². The Kier molecular flexibility index (Phi) is 1.51. The number of aromatic nitrogens is 1. The molecule has 0 aliphatic heterocycles. The van der Waals surface area contributed by atoms with Crippen LogP contribution in [0.15, 0.2) is 23.3 Å². The first-order valence-corrected chi connectivity index (χ1v) is 3.69. The Morgan fingerprint density at radius 1 is 1.70 bits per heavy atom. The maximum Gasteiger partial charge on any atom is 0.0373 e. The molecule has 2 heteroatoms. The maximum atomic E-state index is 7.09. The Bertz CT molecular complexity index is 302. The van der Waals surface area contributed by atoms with E-state index in [1.165, 1.54) is 12.3 Å². The molecule has 0 saturated heterocycles. The molecule has 0 fully saturated rings. The van der Waals surface area contributed by atoms with E-state index >= 15 is 0 Å². The molecule has 0 saturated carbocycles. The van der Waals surface area contributed by atoms with Crippen LogP contribution in [0.3, 0.4) is 0 Å². The first kappa shape index (κ1) is 4.29. The second-order valence-corrected chi connectivity index (χ2v) is 2.30. The normalized spacial score (nSPS) is 16.3. The van der Waals surface area contributed by atoms with Gasteiger partial charge >= 0.3 is 0 Å². The summed E-state index contributed by atoms with van der Waals surface area (Å²) in [5.41, 5.74) is 0.990. The molecule has 1 aromatic heterocycles. The lowest BCUT2D eigenvalue weighted by atomic mass is 10.2. The molecule has 52 valence electrons. The van der Waals surface area contributed by atoms with Gasteiger partial charge in [0.1, 0.15) is 0 Å². The highest BCUT2D eigenvalue weighted by Gasteiger charge is 1.84. The third-order valence-electron chi connectivity index (χ3n) is 1.04. The SMILES string of the molecule is [2H]C([2H])([2H])c1ccc(C=CBr)cn1. The standard InChI is InChI=1S/C8H8BrN/c1-7-2-3-8(4-5-9)6-10-7/h2-6H,1H3/i1D3. The fourth-order valence-corrected chi connectivity index (χ4v) is 0.882. The molecule has 0 unspecified atom stereocenters. The Morgan fingerprint density at radius 3 is 3.10 bits per heavy atom. The Labute approximate surface area is 73.1 Å². The smallest absolute Gasteiger partial charge is 0.0373 e. The summed E-state index contributed by atoms with van der Waals surface area (Å²) in [4.78, 5) is 5.53. The van der Waals surface area contributed by atoms with E-state index < -0.39 is 6.85 Å². The molecule has 0 aromatic carbocycles. The summed E-state index contributed by atoms with van der Waals surface area (Å²) in [6.45, 7) is -2.11. The van der Waals surface area contributed by atoms with Gasteiger partial charge in [-0.25, -0.2) is 0 Å². The lowest BCUT2D eigenvalue weighted by Gasteiger charge is -1.91. The minimum absolute atomic E-state index is 0.124. The second-order valence-electron chi connectivity index (χ2n) is 1.77. The second kappa shape index (κ2) is 3.52. The summed E-state index contributed by atoms with van der Waals surface area (Å²) >= 11 is 3.12. The van der Waals surface area contributed by atoms with Crippen LogP contribution in [0.1, 0.15) is 15.4 Å². The molecule has 1 heterocycles. The lowest BCUT2D eigenvalue weighted by molar-refractivity contribution is 1.19. The molecule has 0 N–H and O–H groups in total. The molecular weight excluding hydrogens is 190 g/mol. The van der Waals surface area contributed by atoms with Gasteiger partial charge in [0.15, 0.2) is 0 Å². The lowest BCUT2D eigenvalue weighted by Crippen LogP contribution is -1.79. The summed E-state index contributed by atoms with van der Waals surface area (Å²) in [5, 5.41) is 0. The van der Waals surface area contributed by atoms with Crippen LogP contribution in [0.4, 0.5) is 0 Å². The van der Waals surface area contributed by atoms with Crippen LogP contribution in [0.25, 0.3) is 6.08 Å². The maximum absolute atomic E-state index is 7.09. The summed E-state index contributed by atoms with van der Waals surface area (Å²) in [5.74, 6) is 0. The number of hydrogen-bond donors (Lipinski definition) is 0. The van der Waals surface area contributed by atoms with E-state index in [1.807, 2.05) is 0 Å². The van der Waals surface area contributed by atoms with Gasteiger partial charge in [-0.15, -0.1) is 0 Å². The van der Waals surface area contributed by atoms with Crippen LogP contribution in [0.5, 0.6) is 0 Å². The third-order valence-corrected chi connectivity index (χ3v) is 1.31. The first-order valence-electron chi connectivity index (χ1n) is 4.27. The fourth-order valence-electron chi connectivity index (χ4n) is 0.577. The first-order chi connectivity index (χ1) is 6.04. The molecule has 0 bridgehead atoms. The van der Waals surface area contributed by atoms with Crippen molar-refractivity contribution in [2.24, 2.45) is 0 Å². The highest BCUT2D eigenvalue weighted by molar-refractivity contribution is 9.11. The zero-order chi connectivity index (χ0) is 9.90. The summed E-state index contributed by atoms with van der Waals surface area (Å²) in [6, 6.07) is 3.22. The molecule has 1 aromatic rings. The minimum atomic E-state index is -2.11. The number of halogens is 1. The van der Waals surface area contributed by atoms with Gasteiger partial charge in [-0.2, -0.15) is 0 Å². The zero-order valence-corrected chi connectivity index (χ0v) is 6.80. The zero-order valence-electron chi connectivity index (χ0n) is 8.21. The van der Waals surface area contributed by atoms with E-state index in [-0.39, 0.29) is 5.69 Å². The minimum Gasteiger partial charge on any atom is -0.261 e. The molecule has 0 aliphatic carbocycles. The number of nitrogens with zero attached hydrogens (tertiary/aromatic N) is 1. The van der Waals surface area contributed by atoms with Gasteiger partial charge < -0.3 is 0 Å². The number of pyridine rings is 1. The van der Waals surface area contributed by atoms with Crippen LogP contribution >= 0.6 is 15.9 Å². The summed E-state index contributed by atoms with van der Waals surface area (Å²) in [7, 11) is 0. The van der Waals surface area contributed by atoms with Gasteiger partial charge in [0.2, 0.25) is 0 Å². The third kappa shape index (κ3) is 1.95. The van der Waals surface area contributed by atoms with E-state index in [9.17, 15) is 0 Å². The van der Waals surface area contributed by atoms with Gasteiger partial charge in [0, 0.05) is 16.0 Å². The van der Waals surface area contributed by atoms with Crippen molar-refractivity contribution in [1.29, 1.82) is 0 Å². The van der Waals surface area contributed by atoms with E-state index in [4.69, 9.17) is 4.11 Å². The van der Waals surface area contributed by atoms with Crippen molar-refractivity contribution in [2.45, 2.75) is 6.85 Å². The average molecular weight is 201 g/mol. The average Bonchev–Trinajstić information content (AvgIpc) is 2.04. The molecule has 10 heavy (non-hydrogen) atoms. The number of rotatable bonds is 1. The van der Waals surface area contributed by atoms with Gasteiger partial charge in [-0.05, 0) is 29.5 Å². The summed E-state index contributed by atoms with van der Waals surface area (Å²) < 4.78 is 21.3. The predicted molar refractivity (Wildman–Crippen MR) is 46.9 cm³/mol. The monoisotopic (exact) mass is 200 g/mol. The molecular formula is C8H8BrN. The molecule has 1 rings (SSSR count). The largest absolute Gasteiger partial charge is 0.261 e. The Balaban J connectivity index is 2.94. The molecule has 0 radical (unpaired) electrons. The summed E-state index contributed by atoms with van der Waals surface area (Å²) in [6.07, 6.45) is 3.32. The Hall–Kier alpha value is -0.630. The van der Waals surface area contributed by atoms with Crippen molar-refractivity contribution in [3.8, 4) is 0 Å². The van der Waals surface area contributed by atoms with Crippen LogP contribution in [-0.2, 0) is 0 Å². The van der Waals surface area contributed by atoms with E-state index in [1.54, 1.807) is 17.1 Å². The molecule has 0 atom stereocenters. The van der Waals surface area contributed by atoms with Gasteiger partial charge in [0.25, 0.3) is 0 Å². The molecule has 0 aliphatic rings. The molecule has 0 amide bonds.